The van der Waals surface area contributed by atoms with E-state index in [0.29, 0.717) is 11.6 Å². The van der Waals surface area contributed by atoms with Gasteiger partial charge >= 0.3 is 0 Å². The summed E-state index contributed by atoms with van der Waals surface area (Å²) in [5.74, 6) is 2.29. The molecule has 1 saturated heterocycles. The highest BCUT2D eigenvalue weighted by atomic mass is 16.5. The van der Waals surface area contributed by atoms with Gasteiger partial charge in [-0.2, -0.15) is 5.10 Å². The normalized spacial score (nSPS) is 22.2. The molecule has 0 bridgehead atoms. The van der Waals surface area contributed by atoms with Gasteiger partial charge < -0.3 is 15.0 Å². The number of nitrogens with one attached hydrogen (secondary N) is 2. The third kappa shape index (κ3) is 5.80. The van der Waals surface area contributed by atoms with Crippen molar-refractivity contribution in [2.24, 2.45) is 5.92 Å². The summed E-state index contributed by atoms with van der Waals surface area (Å²) in [6.45, 7) is 3.28. The highest BCUT2D eigenvalue weighted by molar-refractivity contribution is 5.79. The van der Waals surface area contributed by atoms with E-state index in [0.717, 1.165) is 57.4 Å². The van der Waals surface area contributed by atoms with Crippen molar-refractivity contribution in [3.63, 3.8) is 0 Å². The Morgan fingerprint density at radius 1 is 1.13 bits per heavy atom. The maximum absolute atomic E-state index is 13.0. The smallest absolute Gasteiger partial charge is 0.227 e. The number of aryl methyl sites for hydroxylation is 1. The molecule has 1 aliphatic heterocycles. The molecule has 0 spiro atoms. The van der Waals surface area contributed by atoms with Crippen LogP contribution < -0.4 is 10.1 Å². The minimum Gasteiger partial charge on any atom is -0.490 e. The third-order valence-electron chi connectivity index (χ3n) is 6.11. The summed E-state index contributed by atoms with van der Waals surface area (Å²) in [6, 6.07) is 3.85. The van der Waals surface area contributed by atoms with Crippen LogP contribution in [-0.2, 0) is 16.0 Å². The highest BCUT2D eigenvalue weighted by Gasteiger charge is 2.32. The first-order chi connectivity index (χ1) is 15.1. The lowest BCUT2D eigenvalue weighted by atomic mass is 9.84. The van der Waals surface area contributed by atoms with Gasteiger partial charge in [0.15, 0.2) is 5.82 Å². The standard InChI is InChI=1S/C22H30N6O3/c1-15-24-20(27-26-15)14-21(29)25-17-4-2-16(3-5-17)22(30)28-12-8-19(9-13-28)31-18-6-10-23-11-7-18/h6-7,10-11,16-17,19H,2-5,8-9,12-14H2,1H3,(H,25,29)(H,24,26,27). The fourth-order valence-corrected chi connectivity index (χ4v) is 4.44. The minimum atomic E-state index is -0.0648. The number of hydrogen-bond acceptors (Lipinski definition) is 6. The molecular formula is C22H30N6O3. The number of hydrogen-bond donors (Lipinski definition) is 2. The Morgan fingerprint density at radius 2 is 1.84 bits per heavy atom. The van der Waals surface area contributed by atoms with Gasteiger partial charge in [-0.25, -0.2) is 4.98 Å². The van der Waals surface area contributed by atoms with Gasteiger partial charge in [-0.3, -0.25) is 19.7 Å². The van der Waals surface area contributed by atoms with Gasteiger partial charge in [0, 0.05) is 50.3 Å². The Morgan fingerprint density at radius 3 is 2.48 bits per heavy atom. The number of pyridine rings is 1. The molecular weight excluding hydrogens is 396 g/mol. The van der Waals surface area contributed by atoms with E-state index in [2.05, 4.69) is 25.5 Å². The van der Waals surface area contributed by atoms with Crippen LogP contribution in [0.2, 0.25) is 0 Å². The van der Waals surface area contributed by atoms with Gasteiger partial charge in [-0.15, -0.1) is 0 Å². The molecule has 2 aliphatic rings. The maximum Gasteiger partial charge on any atom is 0.227 e. The van der Waals surface area contributed by atoms with Crippen LogP contribution in [0.4, 0.5) is 0 Å². The molecule has 0 radical (unpaired) electrons. The van der Waals surface area contributed by atoms with Crippen LogP contribution in [0.25, 0.3) is 0 Å². The lowest BCUT2D eigenvalue weighted by Gasteiger charge is -2.36. The molecule has 3 heterocycles. The number of piperidine rings is 1. The van der Waals surface area contributed by atoms with Crippen molar-refractivity contribution in [2.45, 2.75) is 64.0 Å². The maximum atomic E-state index is 13.0. The molecule has 9 heteroatoms. The predicted octanol–water partition coefficient (Wildman–Crippen LogP) is 1.80. The molecule has 2 N–H and O–H groups in total. The summed E-state index contributed by atoms with van der Waals surface area (Å²) >= 11 is 0. The van der Waals surface area contributed by atoms with E-state index in [-0.39, 0.29) is 36.3 Å². The summed E-state index contributed by atoms with van der Waals surface area (Å²) < 4.78 is 5.99. The zero-order valence-corrected chi connectivity index (χ0v) is 17.9. The molecule has 31 heavy (non-hydrogen) atoms. The minimum absolute atomic E-state index is 0.0569. The van der Waals surface area contributed by atoms with Crippen LogP contribution in [0.15, 0.2) is 24.5 Å². The van der Waals surface area contributed by atoms with Crippen LogP contribution >= 0.6 is 0 Å². The van der Waals surface area contributed by atoms with Crippen LogP contribution in [0.1, 0.15) is 50.2 Å². The fraction of sp³-hybridized carbons (Fsp3) is 0.591. The molecule has 0 unspecified atom stereocenters. The van der Waals surface area contributed by atoms with E-state index < -0.39 is 0 Å². The Hall–Kier alpha value is -2.97. The number of aromatic nitrogens is 4. The highest BCUT2D eigenvalue weighted by Crippen LogP contribution is 2.28. The molecule has 2 fully saturated rings. The second-order valence-electron chi connectivity index (χ2n) is 8.46. The van der Waals surface area contributed by atoms with Gasteiger partial charge in [0.2, 0.25) is 11.8 Å². The van der Waals surface area contributed by atoms with Crippen LogP contribution in [0.5, 0.6) is 5.75 Å². The van der Waals surface area contributed by atoms with Crippen molar-refractivity contribution in [2.75, 3.05) is 13.1 Å². The van der Waals surface area contributed by atoms with Gasteiger partial charge in [0.25, 0.3) is 0 Å². The molecule has 2 aromatic heterocycles. The van der Waals surface area contributed by atoms with Crippen LogP contribution in [-0.4, -0.2) is 62.1 Å². The first kappa shape index (κ1) is 21.3. The van der Waals surface area contributed by atoms with E-state index in [1.165, 1.54) is 0 Å². The fourth-order valence-electron chi connectivity index (χ4n) is 4.44. The summed E-state index contributed by atoms with van der Waals surface area (Å²) in [5, 5.41) is 9.82. The SMILES string of the molecule is Cc1nc(CC(=O)NC2CCC(C(=O)N3CCC(Oc4ccncc4)CC3)CC2)n[nH]1. The second kappa shape index (κ2) is 9.89. The number of nitrogens with zero attached hydrogens (tertiary/aromatic N) is 4. The Bertz CT molecular complexity index is 870. The zero-order chi connectivity index (χ0) is 21.6. The van der Waals surface area contributed by atoms with Crippen LogP contribution in [0, 0.1) is 12.8 Å². The van der Waals surface area contributed by atoms with E-state index in [1.54, 1.807) is 12.4 Å². The van der Waals surface area contributed by atoms with Gasteiger partial charge in [0.1, 0.15) is 17.7 Å². The number of ether oxygens (including phenoxy) is 1. The number of rotatable bonds is 6. The summed E-state index contributed by atoms with van der Waals surface area (Å²) in [4.78, 5) is 35.3. The largest absolute Gasteiger partial charge is 0.490 e. The first-order valence-electron chi connectivity index (χ1n) is 11.1. The average Bonchev–Trinajstić information content (AvgIpc) is 3.19. The van der Waals surface area contributed by atoms with E-state index in [4.69, 9.17) is 4.74 Å². The summed E-state index contributed by atoms with van der Waals surface area (Å²) in [5.41, 5.74) is 0. The quantitative estimate of drug-likeness (QED) is 0.728. The number of aromatic amines is 1. The molecule has 2 aromatic rings. The lowest BCUT2D eigenvalue weighted by molar-refractivity contribution is -0.138. The van der Waals surface area contributed by atoms with Crippen molar-refractivity contribution in [1.82, 2.24) is 30.4 Å². The molecule has 1 saturated carbocycles. The topological polar surface area (TPSA) is 113 Å². The Labute approximate surface area is 182 Å². The monoisotopic (exact) mass is 426 g/mol. The van der Waals surface area contributed by atoms with Crippen molar-refractivity contribution in [3.05, 3.63) is 36.2 Å². The van der Waals surface area contributed by atoms with Gasteiger partial charge in [-0.1, -0.05) is 0 Å². The van der Waals surface area contributed by atoms with Crippen molar-refractivity contribution in [3.8, 4) is 5.75 Å². The van der Waals surface area contributed by atoms with Crippen molar-refractivity contribution >= 4 is 11.8 Å². The molecule has 0 atom stereocenters. The molecule has 166 valence electrons. The Balaban J connectivity index is 1.17. The third-order valence-corrected chi connectivity index (χ3v) is 6.11. The molecule has 2 amide bonds. The average molecular weight is 427 g/mol. The van der Waals surface area contributed by atoms with Crippen LogP contribution in [0.3, 0.4) is 0 Å². The number of likely N-dealkylation sites (tertiary alicyclic amines) is 1. The van der Waals surface area contributed by atoms with E-state index in [9.17, 15) is 9.59 Å². The lowest BCUT2D eigenvalue weighted by Crippen LogP contribution is -2.46. The molecule has 9 nitrogen and oxygen atoms in total. The molecule has 4 rings (SSSR count). The van der Waals surface area contributed by atoms with Crippen molar-refractivity contribution in [1.29, 1.82) is 0 Å². The van der Waals surface area contributed by atoms with Crippen molar-refractivity contribution < 1.29 is 14.3 Å². The molecule has 0 aromatic carbocycles. The van der Waals surface area contributed by atoms with E-state index in [1.807, 2.05) is 24.0 Å². The van der Waals surface area contributed by atoms with Gasteiger partial charge in [0.05, 0.1) is 6.42 Å². The number of H-pyrrole nitrogens is 1. The first-order valence-corrected chi connectivity index (χ1v) is 11.1. The zero-order valence-electron chi connectivity index (χ0n) is 17.9. The number of amides is 2. The Kier molecular flexibility index (Phi) is 6.79. The molecule has 1 aliphatic carbocycles. The number of carbonyl (C=O) groups is 2. The van der Waals surface area contributed by atoms with Gasteiger partial charge in [-0.05, 0) is 44.7 Å². The predicted molar refractivity (Wildman–Crippen MR) is 113 cm³/mol. The van der Waals surface area contributed by atoms with E-state index >= 15 is 0 Å². The summed E-state index contributed by atoms with van der Waals surface area (Å²) in [7, 11) is 0. The summed E-state index contributed by atoms with van der Waals surface area (Å²) in [6.07, 6.45) is 8.76. The second-order valence-corrected chi connectivity index (χ2v) is 8.46. The number of carbonyl (C=O) groups excluding carboxylic acids is 2.